The number of anilines is 1. The van der Waals surface area contributed by atoms with E-state index in [2.05, 4.69) is 5.32 Å². The Bertz CT molecular complexity index is 607. The molecule has 3 rings (SSSR count). The fourth-order valence-corrected chi connectivity index (χ4v) is 3.44. The number of aliphatic hydroxyl groups is 1. The third kappa shape index (κ3) is 3.22. The maximum atomic E-state index is 13.9. The topological polar surface area (TPSA) is 69.6 Å². The van der Waals surface area contributed by atoms with Gasteiger partial charge in [-0.1, -0.05) is 12.1 Å². The summed E-state index contributed by atoms with van der Waals surface area (Å²) in [6.07, 6.45) is 2.69. The number of carbonyl (C=O) groups is 2. The largest absolute Gasteiger partial charge is 0.392 e. The van der Waals surface area contributed by atoms with Crippen LogP contribution < -0.4 is 10.2 Å². The normalized spacial score (nSPS) is 28.0. The summed E-state index contributed by atoms with van der Waals surface area (Å²) >= 11 is 0. The summed E-state index contributed by atoms with van der Waals surface area (Å²) in [6.45, 7) is 0.443. The van der Waals surface area contributed by atoms with E-state index in [4.69, 9.17) is 0 Å². The number of amides is 2. The van der Waals surface area contributed by atoms with Gasteiger partial charge in [-0.05, 0) is 44.2 Å². The Morgan fingerprint density at radius 3 is 2.70 bits per heavy atom. The van der Waals surface area contributed by atoms with Gasteiger partial charge in [0.05, 0.1) is 17.7 Å². The minimum Gasteiger partial charge on any atom is -0.392 e. The molecule has 2 aliphatic rings. The lowest BCUT2D eigenvalue weighted by atomic mass is 10.0. The molecule has 2 amide bonds. The minimum atomic E-state index is -0.649. The zero-order chi connectivity index (χ0) is 16.4. The van der Waals surface area contributed by atoms with Crippen LogP contribution in [0.4, 0.5) is 10.1 Å². The van der Waals surface area contributed by atoms with E-state index < -0.39 is 23.9 Å². The number of rotatable bonds is 3. The van der Waals surface area contributed by atoms with Gasteiger partial charge < -0.3 is 15.3 Å². The smallest absolute Gasteiger partial charge is 0.249 e. The zero-order valence-corrected chi connectivity index (χ0v) is 12.9. The van der Waals surface area contributed by atoms with Gasteiger partial charge in [-0.2, -0.15) is 0 Å². The van der Waals surface area contributed by atoms with Crippen LogP contribution in [0.5, 0.6) is 0 Å². The molecule has 0 aromatic heterocycles. The lowest BCUT2D eigenvalue weighted by molar-refractivity contribution is -0.132. The Hall–Kier alpha value is -1.95. The van der Waals surface area contributed by atoms with Crippen molar-refractivity contribution in [1.29, 1.82) is 0 Å². The molecule has 0 bridgehead atoms. The van der Waals surface area contributed by atoms with E-state index in [0.717, 1.165) is 6.42 Å². The summed E-state index contributed by atoms with van der Waals surface area (Å²) in [5.41, 5.74) is 0.248. The van der Waals surface area contributed by atoms with Gasteiger partial charge in [-0.25, -0.2) is 4.39 Å². The molecular weight excluding hydrogens is 299 g/mol. The monoisotopic (exact) mass is 320 g/mol. The molecule has 1 aromatic rings. The van der Waals surface area contributed by atoms with E-state index in [0.29, 0.717) is 32.2 Å². The molecule has 5 nitrogen and oxygen atoms in total. The lowest BCUT2D eigenvalue weighted by Crippen LogP contribution is -2.54. The molecule has 2 fully saturated rings. The van der Waals surface area contributed by atoms with Crippen LogP contribution >= 0.6 is 0 Å². The second-order valence-corrected chi connectivity index (χ2v) is 6.25. The molecule has 1 saturated carbocycles. The maximum absolute atomic E-state index is 13.9. The average Bonchev–Trinajstić information content (AvgIpc) is 2.96. The number of carbonyl (C=O) groups excluding carboxylic acids is 2. The van der Waals surface area contributed by atoms with Crippen molar-refractivity contribution in [1.82, 2.24) is 5.32 Å². The van der Waals surface area contributed by atoms with Crippen molar-refractivity contribution < 1.29 is 19.1 Å². The lowest BCUT2D eigenvalue weighted by Gasteiger charge is -2.33. The zero-order valence-electron chi connectivity index (χ0n) is 12.9. The van der Waals surface area contributed by atoms with Crippen LogP contribution in [-0.2, 0) is 9.59 Å². The molecule has 2 N–H and O–H groups in total. The van der Waals surface area contributed by atoms with Gasteiger partial charge >= 0.3 is 0 Å². The van der Waals surface area contributed by atoms with Gasteiger partial charge in [0.2, 0.25) is 11.8 Å². The van der Waals surface area contributed by atoms with E-state index >= 15 is 0 Å². The summed E-state index contributed by atoms with van der Waals surface area (Å²) in [5, 5.41) is 12.6. The number of halogens is 1. The number of aliphatic hydroxyl groups excluding tert-OH is 1. The Balaban J connectivity index is 1.70. The van der Waals surface area contributed by atoms with Gasteiger partial charge in [0.1, 0.15) is 11.9 Å². The molecule has 1 heterocycles. The Morgan fingerprint density at radius 2 is 2.00 bits per heavy atom. The number of benzene rings is 1. The molecule has 0 spiro atoms. The van der Waals surface area contributed by atoms with Crippen LogP contribution in [0.3, 0.4) is 0 Å². The molecule has 124 valence electrons. The summed E-state index contributed by atoms with van der Waals surface area (Å²) in [7, 11) is 0. The molecule has 1 aliphatic carbocycles. The molecule has 23 heavy (non-hydrogen) atoms. The standard InChI is InChI=1S/C17H21FN2O3/c18-12-6-1-2-8-14(12)20-10-4-7-13(17(20)23)19-16(22)11-5-3-9-15(11)21/h1-2,6,8,11,13,15,21H,3-5,7,9-10H2,(H,19,22). The predicted octanol–water partition coefficient (Wildman–Crippen LogP) is 1.60. The molecule has 3 atom stereocenters. The van der Waals surface area contributed by atoms with Gasteiger partial charge in [0.15, 0.2) is 0 Å². The van der Waals surface area contributed by atoms with Gasteiger partial charge in [0, 0.05) is 6.54 Å². The summed E-state index contributed by atoms with van der Waals surface area (Å²) in [6, 6.07) is 5.50. The van der Waals surface area contributed by atoms with Crippen LogP contribution in [0.15, 0.2) is 24.3 Å². The molecular formula is C17H21FN2O3. The number of hydrogen-bond acceptors (Lipinski definition) is 3. The number of nitrogens with one attached hydrogen (secondary N) is 1. The van der Waals surface area contributed by atoms with Gasteiger partial charge in [-0.3, -0.25) is 9.59 Å². The van der Waals surface area contributed by atoms with Crippen LogP contribution in [0, 0.1) is 11.7 Å². The van der Waals surface area contributed by atoms with E-state index in [1.807, 2.05) is 0 Å². The first-order valence-corrected chi connectivity index (χ1v) is 8.12. The third-order valence-corrected chi connectivity index (χ3v) is 4.71. The van der Waals surface area contributed by atoms with Crippen molar-refractivity contribution in [2.75, 3.05) is 11.4 Å². The highest BCUT2D eigenvalue weighted by molar-refractivity contribution is 6.00. The van der Waals surface area contributed by atoms with Crippen molar-refractivity contribution >= 4 is 17.5 Å². The number of hydrogen-bond donors (Lipinski definition) is 2. The Kier molecular flexibility index (Phi) is 4.61. The first-order chi connectivity index (χ1) is 11.1. The predicted molar refractivity (Wildman–Crippen MR) is 83.3 cm³/mol. The highest BCUT2D eigenvalue weighted by atomic mass is 19.1. The molecule has 1 aromatic carbocycles. The highest BCUT2D eigenvalue weighted by Gasteiger charge is 2.36. The Labute approximate surface area is 134 Å². The molecule has 0 radical (unpaired) electrons. The van der Waals surface area contributed by atoms with Crippen molar-refractivity contribution in [2.24, 2.45) is 5.92 Å². The molecule has 1 saturated heterocycles. The van der Waals surface area contributed by atoms with E-state index in [9.17, 15) is 19.1 Å². The minimum absolute atomic E-state index is 0.248. The van der Waals surface area contributed by atoms with E-state index in [1.54, 1.807) is 18.2 Å². The fraction of sp³-hybridized carbons (Fsp3) is 0.529. The number of nitrogens with zero attached hydrogens (tertiary/aromatic N) is 1. The quantitative estimate of drug-likeness (QED) is 0.889. The summed E-state index contributed by atoms with van der Waals surface area (Å²) in [4.78, 5) is 26.3. The highest BCUT2D eigenvalue weighted by Crippen LogP contribution is 2.27. The Morgan fingerprint density at radius 1 is 1.22 bits per heavy atom. The van der Waals surface area contributed by atoms with Crippen LogP contribution in [0.25, 0.3) is 0 Å². The van der Waals surface area contributed by atoms with Gasteiger partial charge in [-0.15, -0.1) is 0 Å². The number of piperidine rings is 1. The third-order valence-electron chi connectivity index (χ3n) is 4.71. The van der Waals surface area contributed by atoms with E-state index in [1.165, 1.54) is 11.0 Å². The van der Waals surface area contributed by atoms with Crippen molar-refractivity contribution in [3.63, 3.8) is 0 Å². The first-order valence-electron chi connectivity index (χ1n) is 8.12. The second-order valence-electron chi connectivity index (χ2n) is 6.25. The first kappa shape index (κ1) is 15.9. The number of para-hydroxylation sites is 1. The molecule has 1 aliphatic heterocycles. The molecule has 6 heteroatoms. The van der Waals surface area contributed by atoms with E-state index in [-0.39, 0.29) is 17.5 Å². The maximum Gasteiger partial charge on any atom is 0.249 e. The average molecular weight is 320 g/mol. The second kappa shape index (κ2) is 6.66. The van der Waals surface area contributed by atoms with Crippen molar-refractivity contribution in [3.8, 4) is 0 Å². The van der Waals surface area contributed by atoms with Crippen molar-refractivity contribution in [3.05, 3.63) is 30.1 Å². The van der Waals surface area contributed by atoms with Gasteiger partial charge in [0.25, 0.3) is 0 Å². The SMILES string of the molecule is O=C(NC1CCCN(c2ccccc2F)C1=O)C1CCCC1O. The van der Waals surface area contributed by atoms with Crippen LogP contribution in [0.2, 0.25) is 0 Å². The summed E-state index contributed by atoms with van der Waals surface area (Å²) in [5.74, 6) is -1.45. The molecule has 3 unspecified atom stereocenters. The van der Waals surface area contributed by atoms with Crippen molar-refractivity contribution in [2.45, 2.75) is 44.2 Å². The van der Waals surface area contributed by atoms with Crippen LogP contribution in [-0.4, -0.2) is 35.6 Å². The van der Waals surface area contributed by atoms with Crippen LogP contribution in [0.1, 0.15) is 32.1 Å². The summed E-state index contributed by atoms with van der Waals surface area (Å²) < 4.78 is 13.9. The fourth-order valence-electron chi connectivity index (χ4n) is 3.44.